The van der Waals surface area contributed by atoms with Crippen LogP contribution in [-0.2, 0) is 14.8 Å². The maximum Gasteiger partial charge on any atom is 0.573 e. The molecule has 2 fully saturated rings. The Bertz CT molecular complexity index is 790. The molecule has 0 aromatic heterocycles. The first-order valence-corrected chi connectivity index (χ1v) is 10.8. The minimum atomic E-state index is -4.78. The van der Waals surface area contributed by atoms with Gasteiger partial charge in [-0.1, -0.05) is 12.8 Å². The minimum Gasteiger partial charge on any atom is -0.406 e. The molecule has 1 saturated heterocycles. The second-order valence-electron chi connectivity index (χ2n) is 7.21. The molecule has 6 nitrogen and oxygen atoms in total. The average Bonchev–Trinajstić information content (AvgIpc) is 3.18. The van der Waals surface area contributed by atoms with Crippen molar-refractivity contribution in [3.05, 3.63) is 24.3 Å². The fourth-order valence-corrected chi connectivity index (χ4v) is 5.89. The number of halogens is 3. The zero-order valence-electron chi connectivity index (χ0n) is 15.2. The lowest BCUT2D eigenvalue weighted by atomic mass is 9.99. The molecule has 1 aromatic rings. The Hall–Kier alpha value is -1.81. The van der Waals surface area contributed by atoms with Crippen LogP contribution < -0.4 is 10.1 Å². The predicted molar refractivity (Wildman–Crippen MR) is 97.2 cm³/mol. The quantitative estimate of drug-likeness (QED) is 0.791. The van der Waals surface area contributed by atoms with Gasteiger partial charge in [0.2, 0.25) is 15.9 Å². The van der Waals surface area contributed by atoms with Crippen molar-refractivity contribution in [2.75, 3.05) is 18.4 Å². The van der Waals surface area contributed by atoms with Gasteiger partial charge in [-0.15, -0.1) is 13.2 Å². The summed E-state index contributed by atoms with van der Waals surface area (Å²) in [6, 6.07) is 4.85. The highest BCUT2D eigenvalue weighted by molar-refractivity contribution is 7.89. The Morgan fingerprint density at radius 3 is 2.32 bits per heavy atom. The van der Waals surface area contributed by atoms with Crippen LogP contribution in [-0.4, -0.2) is 43.3 Å². The van der Waals surface area contributed by atoms with Gasteiger partial charge < -0.3 is 10.1 Å². The first kappa shape index (κ1) is 20.9. The summed E-state index contributed by atoms with van der Waals surface area (Å²) < 4.78 is 67.3. The van der Waals surface area contributed by atoms with Crippen molar-refractivity contribution in [1.29, 1.82) is 0 Å². The Balaban J connectivity index is 1.59. The lowest BCUT2D eigenvalue weighted by molar-refractivity contribution is -0.274. The van der Waals surface area contributed by atoms with E-state index in [1.54, 1.807) is 0 Å². The summed E-state index contributed by atoms with van der Waals surface area (Å²) in [5.74, 6) is -1.20. The average molecular weight is 420 g/mol. The molecule has 1 aliphatic heterocycles. The van der Waals surface area contributed by atoms with Gasteiger partial charge >= 0.3 is 6.36 Å². The third-order valence-electron chi connectivity index (χ3n) is 5.19. The number of alkyl halides is 3. The lowest BCUT2D eigenvalue weighted by Gasteiger charge is -2.33. The van der Waals surface area contributed by atoms with Crippen LogP contribution in [0.15, 0.2) is 24.3 Å². The molecule has 3 rings (SSSR count). The fraction of sp³-hybridized carbons (Fsp3) is 0.611. The third kappa shape index (κ3) is 5.16. The molecule has 1 heterocycles. The van der Waals surface area contributed by atoms with E-state index in [2.05, 4.69) is 10.1 Å². The zero-order chi connectivity index (χ0) is 20.4. The fourth-order valence-electron chi connectivity index (χ4n) is 3.77. The van der Waals surface area contributed by atoms with E-state index in [1.165, 1.54) is 16.4 Å². The molecular weight excluding hydrogens is 397 g/mol. The zero-order valence-corrected chi connectivity index (χ0v) is 16.1. The van der Waals surface area contributed by atoms with Crippen molar-refractivity contribution in [2.45, 2.75) is 50.1 Å². The Morgan fingerprint density at radius 1 is 1.07 bits per heavy atom. The molecule has 1 amide bonds. The van der Waals surface area contributed by atoms with Crippen LogP contribution in [0.25, 0.3) is 0 Å². The highest BCUT2D eigenvalue weighted by atomic mass is 32.2. The van der Waals surface area contributed by atoms with Crippen LogP contribution >= 0.6 is 0 Å². The van der Waals surface area contributed by atoms with Crippen LogP contribution in [0.2, 0.25) is 0 Å². The monoisotopic (exact) mass is 420 g/mol. The number of hydrogen-bond acceptors (Lipinski definition) is 4. The van der Waals surface area contributed by atoms with Gasteiger partial charge in [-0.2, -0.15) is 0 Å². The van der Waals surface area contributed by atoms with E-state index in [0.717, 1.165) is 25.0 Å². The lowest BCUT2D eigenvalue weighted by Crippen LogP contribution is -2.46. The largest absolute Gasteiger partial charge is 0.573 e. The number of hydrogen-bond donors (Lipinski definition) is 1. The summed E-state index contributed by atoms with van der Waals surface area (Å²) in [7, 11) is -3.39. The maximum absolute atomic E-state index is 12.8. The second kappa shape index (κ2) is 8.28. The standard InChI is InChI=1S/C18H23F3N2O4S/c19-18(20,21)27-15-9-7-14(8-10-15)22-17(24)13-4-3-11-23(12-13)28(25,26)16-5-1-2-6-16/h7-10,13,16H,1-6,11-12H2,(H,22,24). The molecular formula is C18H23F3N2O4S. The Kier molecular flexibility index (Phi) is 6.18. The molecule has 1 saturated carbocycles. The molecule has 2 aliphatic rings. The summed E-state index contributed by atoms with van der Waals surface area (Å²) in [4.78, 5) is 12.5. The highest BCUT2D eigenvalue weighted by Crippen LogP contribution is 2.30. The van der Waals surface area contributed by atoms with Crippen molar-refractivity contribution in [2.24, 2.45) is 5.92 Å². The number of anilines is 1. The van der Waals surface area contributed by atoms with Gasteiger partial charge in [0.1, 0.15) is 5.75 Å². The number of nitrogens with one attached hydrogen (secondary N) is 1. The van der Waals surface area contributed by atoms with Gasteiger partial charge in [0.05, 0.1) is 11.2 Å². The van der Waals surface area contributed by atoms with E-state index in [4.69, 9.17) is 0 Å². The highest BCUT2D eigenvalue weighted by Gasteiger charge is 2.38. The maximum atomic E-state index is 12.8. The minimum absolute atomic E-state index is 0.139. The molecule has 0 bridgehead atoms. The predicted octanol–water partition coefficient (Wildman–Crippen LogP) is 3.51. The number of rotatable bonds is 5. The molecule has 1 aromatic carbocycles. The van der Waals surface area contributed by atoms with Crippen molar-refractivity contribution in [3.8, 4) is 5.75 Å². The van der Waals surface area contributed by atoms with Crippen molar-refractivity contribution in [1.82, 2.24) is 4.31 Å². The first-order valence-electron chi connectivity index (χ1n) is 9.31. The summed E-state index contributed by atoms with van der Waals surface area (Å²) in [5.41, 5.74) is 0.329. The molecule has 1 unspecified atom stereocenters. The SMILES string of the molecule is O=C(Nc1ccc(OC(F)(F)F)cc1)C1CCCN(S(=O)(=O)C2CCCC2)C1. The van der Waals surface area contributed by atoms with Gasteiger partial charge in [0, 0.05) is 18.8 Å². The van der Waals surface area contributed by atoms with Crippen molar-refractivity contribution in [3.63, 3.8) is 0 Å². The van der Waals surface area contributed by atoms with Crippen LogP contribution in [0.3, 0.4) is 0 Å². The number of benzene rings is 1. The first-order chi connectivity index (χ1) is 13.1. The van der Waals surface area contributed by atoms with Crippen LogP contribution in [0.5, 0.6) is 5.75 Å². The number of amides is 1. The van der Waals surface area contributed by atoms with Gasteiger partial charge in [0.15, 0.2) is 0 Å². The summed E-state index contributed by atoms with van der Waals surface area (Å²) in [6.07, 6.45) is -0.448. The molecule has 1 atom stereocenters. The van der Waals surface area contributed by atoms with E-state index in [1.807, 2.05) is 0 Å². The van der Waals surface area contributed by atoms with E-state index in [-0.39, 0.29) is 23.5 Å². The molecule has 1 aliphatic carbocycles. The van der Waals surface area contributed by atoms with Crippen LogP contribution in [0.1, 0.15) is 38.5 Å². The van der Waals surface area contributed by atoms with Gasteiger partial charge in [0.25, 0.3) is 0 Å². The van der Waals surface area contributed by atoms with Gasteiger partial charge in [-0.25, -0.2) is 12.7 Å². The smallest absolute Gasteiger partial charge is 0.406 e. The van der Waals surface area contributed by atoms with E-state index >= 15 is 0 Å². The third-order valence-corrected chi connectivity index (χ3v) is 7.56. The second-order valence-corrected chi connectivity index (χ2v) is 9.42. The molecule has 0 spiro atoms. The van der Waals surface area contributed by atoms with Crippen molar-refractivity contribution < 1.29 is 31.1 Å². The summed E-state index contributed by atoms with van der Waals surface area (Å²) in [6.45, 7) is 0.562. The van der Waals surface area contributed by atoms with Crippen molar-refractivity contribution >= 4 is 21.6 Å². The molecule has 0 radical (unpaired) electrons. The Morgan fingerprint density at radius 2 is 1.71 bits per heavy atom. The Labute approximate surface area is 162 Å². The molecule has 28 heavy (non-hydrogen) atoms. The van der Waals surface area contributed by atoms with E-state index in [9.17, 15) is 26.4 Å². The number of carbonyl (C=O) groups is 1. The number of sulfonamides is 1. The van der Waals surface area contributed by atoms with Gasteiger partial charge in [-0.3, -0.25) is 4.79 Å². The normalized spacial score (nSPS) is 22.2. The molecule has 1 N–H and O–H groups in total. The van der Waals surface area contributed by atoms with E-state index < -0.39 is 22.3 Å². The molecule has 10 heteroatoms. The van der Waals surface area contributed by atoms with Crippen LogP contribution in [0.4, 0.5) is 18.9 Å². The molecule has 156 valence electrons. The summed E-state index contributed by atoms with van der Waals surface area (Å²) in [5, 5.41) is 2.29. The van der Waals surface area contributed by atoms with Gasteiger partial charge in [-0.05, 0) is 49.9 Å². The number of piperidine rings is 1. The number of nitrogens with zero attached hydrogens (tertiary/aromatic N) is 1. The van der Waals surface area contributed by atoms with Crippen LogP contribution in [0, 0.1) is 5.92 Å². The van der Waals surface area contributed by atoms with E-state index in [0.29, 0.717) is 37.9 Å². The number of ether oxygens (including phenoxy) is 1. The topological polar surface area (TPSA) is 75.7 Å². The number of carbonyl (C=O) groups excluding carboxylic acids is 1. The summed E-state index contributed by atoms with van der Waals surface area (Å²) >= 11 is 0.